The Kier molecular flexibility index (Phi) is 3.43. The van der Waals surface area contributed by atoms with Gasteiger partial charge in [0, 0.05) is 23.9 Å². The van der Waals surface area contributed by atoms with Crippen LogP contribution in [0.2, 0.25) is 0 Å². The quantitative estimate of drug-likeness (QED) is 0.502. The molecule has 0 aromatic heterocycles. The molecule has 0 N–H and O–H groups in total. The minimum atomic E-state index is -1.02. The fourth-order valence-corrected chi connectivity index (χ4v) is 1.85. The monoisotopic (exact) mass is 200 g/mol. The van der Waals surface area contributed by atoms with E-state index in [1.165, 1.54) is 0 Å². The first-order chi connectivity index (χ1) is 6.57. The van der Waals surface area contributed by atoms with Crippen LogP contribution in [0, 0.1) is 16.0 Å². The van der Waals surface area contributed by atoms with Crippen molar-refractivity contribution in [2.24, 2.45) is 5.92 Å². The number of piperidine rings is 1. The first kappa shape index (κ1) is 10.9. The SMILES string of the molecule is CCCN1CC[C@@H](C)[C@H]([N+](=O)[O-])C1=O. The van der Waals surface area contributed by atoms with Crippen LogP contribution in [0.4, 0.5) is 0 Å². The van der Waals surface area contributed by atoms with E-state index in [0.29, 0.717) is 13.1 Å². The summed E-state index contributed by atoms with van der Waals surface area (Å²) >= 11 is 0. The number of carbonyl (C=O) groups is 1. The van der Waals surface area contributed by atoms with Crippen LogP contribution >= 0.6 is 0 Å². The maximum atomic E-state index is 11.7. The van der Waals surface area contributed by atoms with Crippen molar-refractivity contribution in [1.29, 1.82) is 0 Å². The number of nitrogens with zero attached hydrogens (tertiary/aromatic N) is 2. The number of rotatable bonds is 3. The predicted molar refractivity (Wildman–Crippen MR) is 51.4 cm³/mol. The molecule has 0 aromatic rings. The van der Waals surface area contributed by atoms with Gasteiger partial charge < -0.3 is 4.90 Å². The van der Waals surface area contributed by atoms with E-state index >= 15 is 0 Å². The van der Waals surface area contributed by atoms with Gasteiger partial charge in [0.2, 0.25) is 0 Å². The van der Waals surface area contributed by atoms with Crippen molar-refractivity contribution in [2.45, 2.75) is 32.7 Å². The van der Waals surface area contributed by atoms with Crippen LogP contribution in [0.15, 0.2) is 0 Å². The van der Waals surface area contributed by atoms with E-state index in [2.05, 4.69) is 0 Å². The first-order valence-electron chi connectivity index (χ1n) is 5.00. The lowest BCUT2D eigenvalue weighted by molar-refractivity contribution is -0.519. The Morgan fingerprint density at radius 3 is 2.79 bits per heavy atom. The lowest BCUT2D eigenvalue weighted by Crippen LogP contribution is -2.51. The Balaban J connectivity index is 2.72. The predicted octanol–water partition coefficient (Wildman–Crippen LogP) is 0.910. The average Bonchev–Trinajstić information content (AvgIpc) is 2.10. The van der Waals surface area contributed by atoms with Crippen LogP contribution in [0.25, 0.3) is 0 Å². The normalized spacial score (nSPS) is 27.9. The fourth-order valence-electron chi connectivity index (χ4n) is 1.85. The van der Waals surface area contributed by atoms with Crippen LogP contribution in [-0.4, -0.2) is 34.9 Å². The Morgan fingerprint density at radius 1 is 1.64 bits per heavy atom. The molecule has 0 unspecified atom stereocenters. The van der Waals surface area contributed by atoms with Gasteiger partial charge in [-0.05, 0) is 12.8 Å². The molecular weight excluding hydrogens is 184 g/mol. The van der Waals surface area contributed by atoms with Gasteiger partial charge >= 0.3 is 0 Å². The molecule has 0 aliphatic carbocycles. The molecule has 1 amide bonds. The van der Waals surface area contributed by atoms with E-state index in [4.69, 9.17) is 0 Å². The zero-order valence-corrected chi connectivity index (χ0v) is 8.60. The molecule has 5 nitrogen and oxygen atoms in total. The summed E-state index contributed by atoms with van der Waals surface area (Å²) in [6.45, 7) is 5.04. The molecule has 1 saturated heterocycles. The highest BCUT2D eigenvalue weighted by atomic mass is 16.6. The van der Waals surface area contributed by atoms with E-state index in [9.17, 15) is 14.9 Å². The van der Waals surface area contributed by atoms with E-state index in [0.717, 1.165) is 12.8 Å². The number of nitro groups is 1. The maximum Gasteiger partial charge on any atom is 0.297 e. The Hall–Kier alpha value is -1.13. The number of hydrogen-bond donors (Lipinski definition) is 0. The second-order valence-electron chi connectivity index (χ2n) is 3.82. The third kappa shape index (κ3) is 2.02. The van der Waals surface area contributed by atoms with Gasteiger partial charge in [-0.25, -0.2) is 0 Å². The Morgan fingerprint density at radius 2 is 2.29 bits per heavy atom. The zero-order chi connectivity index (χ0) is 10.7. The molecule has 14 heavy (non-hydrogen) atoms. The Labute approximate surface area is 83.2 Å². The average molecular weight is 200 g/mol. The third-order valence-corrected chi connectivity index (χ3v) is 2.68. The van der Waals surface area contributed by atoms with Crippen LogP contribution in [0.1, 0.15) is 26.7 Å². The second-order valence-corrected chi connectivity index (χ2v) is 3.82. The summed E-state index contributed by atoms with van der Waals surface area (Å²) in [5.41, 5.74) is 0. The molecule has 0 aromatic carbocycles. The van der Waals surface area contributed by atoms with Gasteiger partial charge in [0.1, 0.15) is 0 Å². The molecule has 1 fully saturated rings. The van der Waals surface area contributed by atoms with E-state index in [1.54, 1.807) is 11.8 Å². The molecule has 0 spiro atoms. The third-order valence-electron chi connectivity index (χ3n) is 2.68. The van der Waals surface area contributed by atoms with Gasteiger partial charge in [0.05, 0.1) is 0 Å². The van der Waals surface area contributed by atoms with Crippen molar-refractivity contribution in [3.05, 3.63) is 10.1 Å². The van der Waals surface area contributed by atoms with Crippen molar-refractivity contribution in [1.82, 2.24) is 4.90 Å². The highest BCUT2D eigenvalue weighted by molar-refractivity contribution is 5.81. The number of carbonyl (C=O) groups excluding carboxylic acids is 1. The van der Waals surface area contributed by atoms with Crippen LogP contribution < -0.4 is 0 Å². The topological polar surface area (TPSA) is 63.4 Å². The molecule has 0 bridgehead atoms. The van der Waals surface area contributed by atoms with Gasteiger partial charge in [0.25, 0.3) is 11.9 Å². The molecule has 1 heterocycles. The first-order valence-corrected chi connectivity index (χ1v) is 5.00. The minimum absolute atomic E-state index is 0.134. The number of hydrogen-bond acceptors (Lipinski definition) is 3. The van der Waals surface area contributed by atoms with Crippen molar-refractivity contribution >= 4 is 5.91 Å². The van der Waals surface area contributed by atoms with Crippen LogP contribution in [0.5, 0.6) is 0 Å². The summed E-state index contributed by atoms with van der Waals surface area (Å²) in [4.78, 5) is 23.5. The van der Waals surface area contributed by atoms with Crippen LogP contribution in [0.3, 0.4) is 0 Å². The molecule has 0 radical (unpaired) electrons. The molecule has 80 valence electrons. The van der Waals surface area contributed by atoms with E-state index < -0.39 is 11.0 Å². The highest BCUT2D eigenvalue weighted by Gasteiger charge is 2.42. The summed E-state index contributed by atoms with van der Waals surface area (Å²) < 4.78 is 0. The van der Waals surface area contributed by atoms with Gasteiger partial charge in [0.15, 0.2) is 0 Å². The summed E-state index contributed by atoms with van der Waals surface area (Å²) in [7, 11) is 0. The molecule has 1 aliphatic heterocycles. The standard InChI is InChI=1S/C9H16N2O3/c1-3-5-10-6-4-7(2)8(9(10)12)11(13)14/h7-8H,3-6H2,1-2H3/t7-,8+/m1/s1. The molecular formula is C9H16N2O3. The molecule has 0 saturated carbocycles. The summed E-state index contributed by atoms with van der Waals surface area (Å²) in [5.74, 6) is -0.443. The largest absolute Gasteiger partial charge is 0.337 e. The molecule has 5 heteroatoms. The van der Waals surface area contributed by atoms with Gasteiger partial charge in [-0.3, -0.25) is 14.9 Å². The highest BCUT2D eigenvalue weighted by Crippen LogP contribution is 2.20. The van der Waals surface area contributed by atoms with Crippen molar-refractivity contribution < 1.29 is 9.72 Å². The molecule has 1 rings (SSSR count). The lowest BCUT2D eigenvalue weighted by atomic mass is 9.93. The maximum absolute atomic E-state index is 11.7. The lowest BCUT2D eigenvalue weighted by Gasteiger charge is -2.31. The molecule has 2 atom stereocenters. The van der Waals surface area contributed by atoms with Crippen LogP contribution in [-0.2, 0) is 4.79 Å². The van der Waals surface area contributed by atoms with Gasteiger partial charge in [-0.2, -0.15) is 0 Å². The summed E-state index contributed by atoms with van der Waals surface area (Å²) in [6.07, 6.45) is 1.59. The Bertz CT molecular complexity index is 242. The summed E-state index contributed by atoms with van der Waals surface area (Å²) in [5, 5.41) is 10.7. The smallest absolute Gasteiger partial charge is 0.297 e. The van der Waals surface area contributed by atoms with Gasteiger partial charge in [-0.1, -0.05) is 13.8 Å². The van der Waals surface area contributed by atoms with E-state index in [1.807, 2.05) is 6.92 Å². The number of amides is 1. The fraction of sp³-hybridized carbons (Fsp3) is 0.889. The van der Waals surface area contributed by atoms with Crippen molar-refractivity contribution in [3.8, 4) is 0 Å². The van der Waals surface area contributed by atoms with Crippen molar-refractivity contribution in [2.75, 3.05) is 13.1 Å². The molecule has 1 aliphatic rings. The van der Waals surface area contributed by atoms with Crippen molar-refractivity contribution in [3.63, 3.8) is 0 Å². The number of likely N-dealkylation sites (tertiary alicyclic amines) is 1. The summed E-state index contributed by atoms with van der Waals surface area (Å²) in [6, 6.07) is -1.02. The second kappa shape index (κ2) is 4.39. The van der Waals surface area contributed by atoms with E-state index in [-0.39, 0.29) is 11.8 Å². The minimum Gasteiger partial charge on any atom is -0.337 e. The zero-order valence-electron chi connectivity index (χ0n) is 8.60. The van der Waals surface area contributed by atoms with Gasteiger partial charge in [-0.15, -0.1) is 0 Å².